The van der Waals surface area contributed by atoms with E-state index in [9.17, 15) is 19.1 Å². The fraction of sp³-hybridized carbons (Fsp3) is 0.423. The summed E-state index contributed by atoms with van der Waals surface area (Å²) in [6, 6.07) is 9.69. The number of alkyl halides is 1. The summed E-state index contributed by atoms with van der Waals surface area (Å²) >= 11 is 0. The van der Waals surface area contributed by atoms with E-state index in [0.29, 0.717) is 24.7 Å². The average molecular weight is 465 g/mol. The molecule has 1 aromatic carbocycles. The first-order valence-electron chi connectivity index (χ1n) is 11.9. The number of rotatable bonds is 6. The van der Waals surface area contributed by atoms with Crippen molar-refractivity contribution in [3.63, 3.8) is 0 Å². The summed E-state index contributed by atoms with van der Waals surface area (Å²) in [6.07, 6.45) is 6.25. The van der Waals surface area contributed by atoms with Gasteiger partial charge in [0.15, 0.2) is 5.65 Å². The van der Waals surface area contributed by atoms with E-state index in [4.69, 9.17) is 0 Å². The lowest BCUT2D eigenvalue weighted by Crippen LogP contribution is -2.51. The molecule has 7 nitrogen and oxygen atoms in total. The lowest BCUT2D eigenvalue weighted by atomic mass is 9.84. The number of likely N-dealkylation sites (tertiary alicyclic amines) is 1. The van der Waals surface area contributed by atoms with E-state index >= 15 is 0 Å². The third-order valence-electron chi connectivity index (χ3n) is 7.12. The van der Waals surface area contributed by atoms with Gasteiger partial charge in [-0.25, -0.2) is 0 Å². The summed E-state index contributed by atoms with van der Waals surface area (Å²) in [4.78, 5) is 31.0. The highest BCUT2D eigenvalue weighted by Gasteiger charge is 2.35. The maximum absolute atomic E-state index is 13.3. The van der Waals surface area contributed by atoms with Crippen LogP contribution in [0.25, 0.3) is 22.5 Å². The second-order valence-corrected chi connectivity index (χ2v) is 9.45. The zero-order chi connectivity index (χ0) is 23.8. The number of halogens is 1. The Labute approximate surface area is 196 Å². The second kappa shape index (κ2) is 9.18. The number of H-pyrrole nitrogens is 1. The SMILES string of the molecule is C=C(CO)c1nn2c(=O)cc(-c3ccc(C4CCCCC4)cc3)[nH]c2c1C(=O)N1CC(CF)C1. The molecule has 34 heavy (non-hydrogen) atoms. The van der Waals surface area contributed by atoms with Crippen LogP contribution in [0.15, 0.2) is 41.7 Å². The van der Waals surface area contributed by atoms with Crippen molar-refractivity contribution in [1.82, 2.24) is 19.5 Å². The number of aromatic amines is 1. The Morgan fingerprint density at radius 1 is 1.18 bits per heavy atom. The van der Waals surface area contributed by atoms with Crippen LogP contribution in [0.4, 0.5) is 4.39 Å². The van der Waals surface area contributed by atoms with Crippen molar-refractivity contribution in [2.45, 2.75) is 38.0 Å². The average Bonchev–Trinajstić information content (AvgIpc) is 3.23. The molecule has 2 N–H and O–H groups in total. The van der Waals surface area contributed by atoms with Crippen LogP contribution >= 0.6 is 0 Å². The molecule has 0 spiro atoms. The Hall–Kier alpha value is -3.26. The molecule has 2 fully saturated rings. The number of aliphatic hydroxyl groups is 1. The molecule has 1 aliphatic heterocycles. The maximum atomic E-state index is 13.3. The molecular formula is C26H29FN4O3. The van der Waals surface area contributed by atoms with E-state index < -0.39 is 18.8 Å². The van der Waals surface area contributed by atoms with Crippen molar-refractivity contribution in [1.29, 1.82) is 0 Å². The van der Waals surface area contributed by atoms with Gasteiger partial charge in [-0.05, 0) is 35.5 Å². The van der Waals surface area contributed by atoms with Gasteiger partial charge in [0, 0.05) is 25.1 Å². The first kappa shape index (κ1) is 22.5. The summed E-state index contributed by atoms with van der Waals surface area (Å²) < 4.78 is 14.1. The van der Waals surface area contributed by atoms with Gasteiger partial charge < -0.3 is 15.0 Å². The highest BCUT2D eigenvalue weighted by molar-refractivity contribution is 6.04. The minimum Gasteiger partial charge on any atom is -0.392 e. The molecule has 0 atom stereocenters. The summed E-state index contributed by atoms with van der Waals surface area (Å²) in [6.45, 7) is 3.55. The van der Waals surface area contributed by atoms with Gasteiger partial charge in [-0.3, -0.25) is 14.0 Å². The van der Waals surface area contributed by atoms with Crippen LogP contribution in [-0.2, 0) is 0 Å². The Bertz CT molecular complexity index is 1280. The molecule has 1 amide bonds. The van der Waals surface area contributed by atoms with Crippen LogP contribution in [0.1, 0.15) is 59.6 Å². The van der Waals surface area contributed by atoms with Crippen LogP contribution < -0.4 is 5.56 Å². The second-order valence-electron chi connectivity index (χ2n) is 9.45. The highest BCUT2D eigenvalue weighted by Crippen LogP contribution is 2.33. The zero-order valence-electron chi connectivity index (χ0n) is 19.1. The quantitative estimate of drug-likeness (QED) is 0.581. The Kier molecular flexibility index (Phi) is 6.08. The lowest BCUT2D eigenvalue weighted by Gasteiger charge is -2.37. The Morgan fingerprint density at radius 2 is 1.88 bits per heavy atom. The minimum atomic E-state index is -0.480. The maximum Gasteiger partial charge on any atom is 0.274 e. The number of hydrogen-bond acceptors (Lipinski definition) is 4. The predicted molar refractivity (Wildman–Crippen MR) is 129 cm³/mol. The number of carbonyl (C=O) groups is 1. The van der Waals surface area contributed by atoms with Crippen molar-refractivity contribution in [2.24, 2.45) is 5.92 Å². The molecular weight excluding hydrogens is 435 g/mol. The molecule has 3 aromatic rings. The molecule has 3 heterocycles. The Balaban J connectivity index is 1.55. The van der Waals surface area contributed by atoms with Crippen molar-refractivity contribution >= 4 is 17.1 Å². The van der Waals surface area contributed by atoms with E-state index in [2.05, 4.69) is 28.8 Å². The number of aromatic nitrogens is 3. The highest BCUT2D eigenvalue weighted by atomic mass is 19.1. The lowest BCUT2D eigenvalue weighted by molar-refractivity contribution is 0.0454. The molecule has 178 valence electrons. The van der Waals surface area contributed by atoms with E-state index in [1.54, 1.807) is 0 Å². The van der Waals surface area contributed by atoms with E-state index in [0.717, 1.165) is 10.1 Å². The van der Waals surface area contributed by atoms with Gasteiger partial charge in [-0.15, -0.1) is 0 Å². The first-order valence-corrected chi connectivity index (χ1v) is 11.9. The number of aliphatic hydroxyl groups excluding tert-OH is 1. The van der Waals surface area contributed by atoms with Gasteiger partial charge in [0.2, 0.25) is 0 Å². The monoisotopic (exact) mass is 464 g/mol. The molecule has 2 aliphatic rings. The van der Waals surface area contributed by atoms with Crippen molar-refractivity contribution in [3.8, 4) is 11.3 Å². The fourth-order valence-corrected chi connectivity index (χ4v) is 5.08. The van der Waals surface area contributed by atoms with Crippen LogP contribution in [0.3, 0.4) is 0 Å². The third kappa shape index (κ3) is 3.96. The van der Waals surface area contributed by atoms with Crippen LogP contribution in [0.2, 0.25) is 0 Å². The molecule has 0 unspecified atom stereocenters. The molecule has 5 rings (SSSR count). The smallest absolute Gasteiger partial charge is 0.274 e. The van der Waals surface area contributed by atoms with E-state index in [1.807, 2.05) is 12.1 Å². The predicted octanol–water partition coefficient (Wildman–Crippen LogP) is 3.78. The van der Waals surface area contributed by atoms with E-state index in [1.165, 1.54) is 48.6 Å². The summed E-state index contributed by atoms with van der Waals surface area (Å²) in [5, 5.41) is 13.9. The van der Waals surface area contributed by atoms with Crippen LogP contribution in [0.5, 0.6) is 0 Å². The number of nitrogens with zero attached hydrogens (tertiary/aromatic N) is 3. The van der Waals surface area contributed by atoms with Crippen LogP contribution in [-0.4, -0.2) is 56.9 Å². The minimum absolute atomic E-state index is 0.174. The number of amides is 1. The molecule has 1 saturated heterocycles. The summed E-state index contributed by atoms with van der Waals surface area (Å²) in [7, 11) is 0. The summed E-state index contributed by atoms with van der Waals surface area (Å²) in [5.41, 5.74) is 3.17. The standard InChI is InChI=1S/C26H29FN4O3/c1-16(15-32)24-23(26(34)30-13-17(12-27)14-30)25-28-21(11-22(33)31(25)29-24)20-9-7-19(8-10-20)18-5-3-2-4-6-18/h7-11,17-18,28,32H,1-6,12-15H2. The number of hydrogen-bond donors (Lipinski definition) is 2. The Morgan fingerprint density at radius 3 is 2.53 bits per heavy atom. The number of nitrogens with one attached hydrogen (secondary N) is 1. The molecule has 0 bridgehead atoms. The molecule has 0 radical (unpaired) electrons. The largest absolute Gasteiger partial charge is 0.392 e. The number of benzene rings is 1. The summed E-state index contributed by atoms with van der Waals surface area (Å²) in [5.74, 6) is 0.0532. The zero-order valence-corrected chi connectivity index (χ0v) is 19.1. The number of carbonyl (C=O) groups excluding carboxylic acids is 1. The van der Waals surface area contributed by atoms with Crippen LogP contribution in [0, 0.1) is 5.92 Å². The third-order valence-corrected chi connectivity index (χ3v) is 7.12. The van der Waals surface area contributed by atoms with Gasteiger partial charge in [0.05, 0.1) is 19.0 Å². The topological polar surface area (TPSA) is 90.7 Å². The van der Waals surface area contributed by atoms with Gasteiger partial charge >= 0.3 is 0 Å². The van der Waals surface area contributed by atoms with Crippen molar-refractivity contribution in [2.75, 3.05) is 26.4 Å². The van der Waals surface area contributed by atoms with Crippen molar-refractivity contribution in [3.05, 3.63) is 64.1 Å². The first-order chi connectivity index (χ1) is 16.5. The van der Waals surface area contributed by atoms with Gasteiger partial charge in [0.25, 0.3) is 11.5 Å². The van der Waals surface area contributed by atoms with Crippen molar-refractivity contribution < 1.29 is 14.3 Å². The van der Waals surface area contributed by atoms with Gasteiger partial charge in [-0.1, -0.05) is 50.1 Å². The fourth-order valence-electron chi connectivity index (χ4n) is 5.08. The van der Waals surface area contributed by atoms with E-state index in [-0.39, 0.29) is 34.3 Å². The van der Waals surface area contributed by atoms with Gasteiger partial charge in [-0.2, -0.15) is 9.61 Å². The molecule has 2 aromatic heterocycles. The van der Waals surface area contributed by atoms with Gasteiger partial charge in [0.1, 0.15) is 11.3 Å². The molecule has 1 saturated carbocycles. The normalized spacial score (nSPS) is 17.2. The molecule has 8 heteroatoms. The molecule has 1 aliphatic carbocycles. The number of fused-ring (bicyclic) bond motifs is 1.